The van der Waals surface area contributed by atoms with E-state index in [1.54, 1.807) is 251 Å². The zero-order valence-electron chi connectivity index (χ0n) is 74.9. The second-order valence-corrected chi connectivity index (χ2v) is 28.8. The number of phenols is 4. The second-order valence-electron chi connectivity index (χ2n) is 28.8. The topological polar surface area (TPSA) is 489 Å². The van der Waals surface area contributed by atoms with Gasteiger partial charge in [0.1, 0.15) is 57.5 Å². The first-order chi connectivity index (χ1) is 66.3. The predicted molar refractivity (Wildman–Crippen MR) is 500 cm³/mol. The van der Waals surface area contributed by atoms with E-state index in [0.29, 0.717) is 187 Å². The number of primary amides is 1. The molecule has 0 aliphatic rings. The van der Waals surface area contributed by atoms with E-state index < -0.39 is 35.8 Å². The number of hydrogen-bond donors (Lipinski definition) is 5. The molecule has 0 saturated carbocycles. The lowest BCUT2D eigenvalue weighted by molar-refractivity contribution is 0.0592. The maximum absolute atomic E-state index is 11.8. The number of amides is 1. The van der Waals surface area contributed by atoms with Gasteiger partial charge in [0.15, 0.2) is 69.9 Å². The number of methoxy groups -OCH3 is 11. The average molecular weight is 1840 g/mol. The van der Waals surface area contributed by atoms with Gasteiger partial charge in [0.25, 0.3) is 0 Å². The Labute approximate surface area is 782 Å². The molecule has 4 heterocycles. The first kappa shape index (κ1) is 95.6. The van der Waals surface area contributed by atoms with E-state index in [1.165, 1.54) is 88.3 Å². The second kappa shape index (κ2) is 44.1. The highest BCUT2D eigenvalue weighted by Crippen LogP contribution is 2.40. The fourth-order valence-corrected chi connectivity index (χ4v) is 13.1. The molecule has 0 aliphatic heterocycles. The van der Waals surface area contributed by atoms with E-state index in [-0.39, 0.29) is 46.3 Å². The quantitative estimate of drug-likeness (QED) is 0.0277. The maximum atomic E-state index is 11.8. The summed E-state index contributed by atoms with van der Waals surface area (Å²) >= 11 is 0. The lowest BCUT2D eigenvalue weighted by Gasteiger charge is -2.13. The number of hydrogen-bond acceptors (Lipinski definition) is 34. The highest BCUT2D eigenvalue weighted by Gasteiger charge is 2.25. The zero-order chi connectivity index (χ0) is 97.5. The number of rotatable bonds is 24. The molecule has 0 unspecified atom stereocenters. The molecule has 1 amide bonds. The first-order valence-corrected chi connectivity index (χ1v) is 40.9. The third-order valence-corrected chi connectivity index (χ3v) is 20.5. The van der Waals surface area contributed by atoms with Gasteiger partial charge in [0, 0.05) is 74.8 Å². The SMILES string of the molecule is COC(=O)c1ccc(-c2nc(-c3ccc(C#N)cc3)nc(-c3ccc(OC)cc3O)n2)cc1.COC(=O)c1ccc(-c2nc(-c3ccc(C(=O)OC)cc3)nc(-c3ccc(OC)cc3O)n2)cc1.COC(=O)c1ccc(-c2nc(-c3ccc(C(N)=O)cc3)nc(-c3ccc(OC)cc3O)n2)cc1.COC(=O)c1ccc(-c2nc(-c3ccc(OC)cc3O)nc(-c3ccc(OC)cc3OC)n2)cc1. The van der Waals surface area contributed by atoms with Crippen molar-refractivity contribution in [3.63, 3.8) is 0 Å². The Morgan fingerprint density at radius 3 is 0.606 bits per heavy atom. The van der Waals surface area contributed by atoms with Crippen LogP contribution in [-0.2, 0) is 23.7 Å². The van der Waals surface area contributed by atoms with Crippen LogP contribution >= 0.6 is 0 Å². The van der Waals surface area contributed by atoms with Crippen molar-refractivity contribution in [3.8, 4) is 200 Å². The number of carbonyl (C=O) groups is 6. The van der Waals surface area contributed by atoms with Gasteiger partial charge in [-0.25, -0.2) is 83.8 Å². The van der Waals surface area contributed by atoms with E-state index in [2.05, 4.69) is 65.9 Å². The Bertz CT molecular complexity index is 7120. The monoisotopic (exact) mass is 1840 g/mol. The fraction of sp³-hybridized carbons (Fsp3) is 0.108. The molecule has 0 atom stereocenters. The summed E-state index contributed by atoms with van der Waals surface area (Å²) in [5.41, 5.74) is 14.8. The predicted octanol–water partition coefficient (Wildman–Crippen LogP) is 16.3. The van der Waals surface area contributed by atoms with Crippen molar-refractivity contribution < 1.29 is 101 Å². The maximum Gasteiger partial charge on any atom is 0.337 e. The van der Waals surface area contributed by atoms with Crippen LogP contribution in [0, 0.1) is 11.3 Å². The zero-order valence-corrected chi connectivity index (χ0v) is 74.9. The lowest BCUT2D eigenvalue weighted by atomic mass is 10.1. The van der Waals surface area contributed by atoms with E-state index >= 15 is 0 Å². The van der Waals surface area contributed by atoms with Crippen molar-refractivity contribution in [2.45, 2.75) is 0 Å². The Hall–Kier alpha value is -19.0. The minimum absolute atomic E-state index is 0.0432. The van der Waals surface area contributed by atoms with E-state index in [0.717, 1.165) is 0 Å². The van der Waals surface area contributed by atoms with Crippen molar-refractivity contribution in [2.24, 2.45) is 5.73 Å². The molecule has 35 heteroatoms. The van der Waals surface area contributed by atoms with Crippen LogP contribution in [0.1, 0.15) is 67.7 Å². The van der Waals surface area contributed by atoms with Gasteiger partial charge in [-0.1, -0.05) is 72.8 Å². The molecular formula is C102H82N14O21. The molecular weight excluding hydrogens is 1760 g/mol. The van der Waals surface area contributed by atoms with Gasteiger partial charge in [0.05, 0.1) is 145 Å². The van der Waals surface area contributed by atoms with E-state index in [1.807, 2.05) is 0 Å². The van der Waals surface area contributed by atoms with Crippen LogP contribution in [0.25, 0.3) is 137 Å². The molecule has 0 aliphatic carbocycles. The number of aromatic nitrogens is 12. The summed E-state index contributed by atoms with van der Waals surface area (Å²) in [7, 11) is 15.7. The van der Waals surface area contributed by atoms with Crippen LogP contribution in [0.5, 0.6) is 57.5 Å². The van der Waals surface area contributed by atoms with E-state index in [4.69, 9.17) is 63.1 Å². The molecule has 12 aromatic carbocycles. The van der Waals surface area contributed by atoms with Gasteiger partial charge >= 0.3 is 29.8 Å². The fourth-order valence-electron chi connectivity index (χ4n) is 13.1. The smallest absolute Gasteiger partial charge is 0.337 e. The largest absolute Gasteiger partial charge is 0.507 e. The standard InChI is InChI=1S/C26H21N3O6.C26H23N3O6.C25H20N4O5.C25H18N4O4/c1-33-19-12-13-20(21(30)14-19)24-28-22(15-4-8-17(9-5-15)25(31)34-2)27-23(29-24)16-6-10-18(11-7-16)26(32)35-3;1-32-17-9-11-19(21(30)13-17)24-27-23(15-5-7-16(8-6-15)26(31)35-4)28-25(29-24)20-12-10-18(33-2)14-22(20)34-3;1-33-18-11-12-19(20(30)13-18)24-28-22(15-5-3-14(4-6-15)21(26)31)27-23(29-24)16-7-9-17(10-8-16)25(32)34-2;1-32-19-11-12-20(21(30)13-19)24-28-22(16-5-3-15(14-26)4-6-16)27-23(29-24)17-7-9-18(10-8-17)25(31)33-2/h4-14,30H,1-3H3;5-14,30H,1-4H3;3-13,30H,1-2H3,(H2,26,31);3-13,30H,1-2H3. The normalized spacial score (nSPS) is 10.5. The number of ether oxygens (including phenoxy) is 11. The third-order valence-electron chi connectivity index (χ3n) is 20.5. The summed E-state index contributed by atoms with van der Waals surface area (Å²) in [4.78, 5) is 125. The summed E-state index contributed by atoms with van der Waals surface area (Å²) in [6, 6.07) is 73.2. The third kappa shape index (κ3) is 22.9. The Morgan fingerprint density at radius 2 is 0.416 bits per heavy atom. The Morgan fingerprint density at radius 1 is 0.234 bits per heavy atom. The molecule has 16 aromatic rings. The number of phenolic OH excluding ortho intramolecular Hbond substituents is 4. The summed E-state index contributed by atoms with van der Waals surface area (Å²) in [6.45, 7) is 0. The number of esters is 5. The van der Waals surface area contributed by atoms with Gasteiger partial charge in [-0.15, -0.1) is 0 Å². The van der Waals surface area contributed by atoms with Crippen molar-refractivity contribution in [2.75, 3.05) is 78.2 Å². The molecule has 137 heavy (non-hydrogen) atoms. The van der Waals surface area contributed by atoms with Crippen LogP contribution in [-0.4, -0.2) is 194 Å². The number of nitrogens with zero attached hydrogens (tertiary/aromatic N) is 13. The summed E-state index contributed by atoms with van der Waals surface area (Å²) < 4.78 is 55.3. The van der Waals surface area contributed by atoms with Gasteiger partial charge in [0.2, 0.25) is 5.91 Å². The minimum atomic E-state index is -0.544. The highest BCUT2D eigenvalue weighted by atomic mass is 16.5. The van der Waals surface area contributed by atoms with Crippen LogP contribution in [0.3, 0.4) is 0 Å². The van der Waals surface area contributed by atoms with Gasteiger partial charge in [-0.3, -0.25) is 4.79 Å². The number of nitriles is 1. The molecule has 0 fully saturated rings. The van der Waals surface area contributed by atoms with Crippen molar-refractivity contribution in [1.82, 2.24) is 59.8 Å². The van der Waals surface area contributed by atoms with Gasteiger partial charge < -0.3 is 78.3 Å². The van der Waals surface area contributed by atoms with Crippen molar-refractivity contribution in [3.05, 3.63) is 300 Å². The van der Waals surface area contributed by atoms with Crippen LogP contribution in [0.2, 0.25) is 0 Å². The Kier molecular flexibility index (Phi) is 30.7. The summed E-state index contributed by atoms with van der Waals surface area (Å²) in [5, 5.41) is 51.3. The van der Waals surface area contributed by atoms with Gasteiger partial charge in [-0.2, -0.15) is 5.26 Å². The van der Waals surface area contributed by atoms with Crippen molar-refractivity contribution >= 4 is 35.8 Å². The number of carbonyl (C=O) groups excluding carboxylic acids is 6. The number of aromatic hydroxyl groups is 4. The Balaban J connectivity index is 0.000000154. The van der Waals surface area contributed by atoms with Gasteiger partial charge in [-0.05, 0) is 158 Å². The van der Waals surface area contributed by atoms with Crippen LogP contribution < -0.4 is 34.2 Å². The highest BCUT2D eigenvalue weighted by molar-refractivity contribution is 5.95. The molecule has 0 radical (unpaired) electrons. The molecule has 0 spiro atoms. The number of benzene rings is 12. The molecule has 4 aromatic heterocycles. The van der Waals surface area contributed by atoms with Crippen molar-refractivity contribution in [1.29, 1.82) is 5.26 Å². The average Bonchev–Trinajstić information content (AvgIpc) is 0.833. The molecule has 0 saturated heterocycles. The molecule has 686 valence electrons. The van der Waals surface area contributed by atoms with Crippen LogP contribution in [0.15, 0.2) is 261 Å². The first-order valence-electron chi connectivity index (χ1n) is 40.9. The molecule has 0 bridgehead atoms. The molecule has 6 N–H and O–H groups in total. The number of nitrogens with two attached hydrogens (primary N) is 1. The molecule has 35 nitrogen and oxygen atoms in total. The minimum Gasteiger partial charge on any atom is -0.507 e. The summed E-state index contributed by atoms with van der Waals surface area (Å²) in [6.07, 6.45) is 0. The van der Waals surface area contributed by atoms with Crippen LogP contribution in [0.4, 0.5) is 0 Å². The van der Waals surface area contributed by atoms with E-state index in [9.17, 15) is 49.2 Å². The summed E-state index contributed by atoms with van der Waals surface area (Å²) in [5.74, 6) is 3.74. The lowest BCUT2D eigenvalue weighted by Crippen LogP contribution is -2.10. The molecule has 16 rings (SSSR count).